The summed E-state index contributed by atoms with van der Waals surface area (Å²) < 4.78 is 0. The van der Waals surface area contributed by atoms with E-state index in [0.717, 1.165) is 23.1 Å². The number of urea groups is 1. The summed E-state index contributed by atoms with van der Waals surface area (Å²) >= 11 is 0. The molecule has 0 fully saturated rings. The molecule has 0 spiro atoms. The highest BCUT2D eigenvalue weighted by molar-refractivity contribution is 5.93. The topological polar surface area (TPSA) is 58.1 Å². The Kier molecular flexibility index (Phi) is 3.72. The molecular weight excluding hydrogens is 228 g/mol. The van der Waals surface area contributed by atoms with Gasteiger partial charge in [0.1, 0.15) is 0 Å². The van der Waals surface area contributed by atoms with Gasteiger partial charge < -0.3 is 5.32 Å². The van der Waals surface area contributed by atoms with Gasteiger partial charge in [0.25, 0.3) is 0 Å². The lowest BCUT2D eigenvalue weighted by molar-refractivity contribution is 0.247. The predicted octanol–water partition coefficient (Wildman–Crippen LogP) is 2.19. The lowest BCUT2D eigenvalue weighted by atomic mass is 10.2. The molecule has 2 aromatic rings. The van der Waals surface area contributed by atoms with E-state index in [1.54, 1.807) is 24.3 Å². The number of benzene rings is 1. The van der Waals surface area contributed by atoms with Crippen LogP contribution in [0.25, 0.3) is 11.0 Å². The van der Waals surface area contributed by atoms with Crippen molar-refractivity contribution in [1.82, 2.24) is 15.3 Å². The van der Waals surface area contributed by atoms with Crippen molar-refractivity contribution >= 4 is 22.8 Å². The van der Waals surface area contributed by atoms with Crippen LogP contribution in [0, 0.1) is 0 Å². The Labute approximate surface area is 106 Å². The van der Waals surface area contributed by atoms with Crippen LogP contribution in [-0.4, -0.2) is 29.6 Å². The van der Waals surface area contributed by atoms with E-state index >= 15 is 0 Å². The molecule has 0 aliphatic rings. The summed E-state index contributed by atoms with van der Waals surface area (Å²) in [5.74, 6) is 0. The fourth-order valence-corrected chi connectivity index (χ4v) is 1.63. The third-order valence-corrected chi connectivity index (χ3v) is 2.67. The third kappa shape index (κ3) is 2.56. The molecule has 0 aliphatic heterocycles. The van der Waals surface area contributed by atoms with Crippen molar-refractivity contribution in [3.05, 3.63) is 30.6 Å². The van der Waals surface area contributed by atoms with Crippen LogP contribution in [-0.2, 0) is 0 Å². The Morgan fingerprint density at radius 3 is 2.72 bits per heavy atom. The van der Waals surface area contributed by atoms with Crippen LogP contribution in [0.5, 0.6) is 0 Å². The average molecular weight is 244 g/mol. The van der Waals surface area contributed by atoms with Crippen LogP contribution in [0.3, 0.4) is 0 Å². The van der Waals surface area contributed by atoms with Crippen molar-refractivity contribution in [2.75, 3.05) is 18.5 Å². The monoisotopic (exact) mass is 244 g/mol. The molecule has 0 bridgehead atoms. The quantitative estimate of drug-likeness (QED) is 0.900. The molecule has 0 atom stereocenters. The molecule has 0 saturated heterocycles. The fraction of sp³-hybridized carbons (Fsp3) is 0.308. The van der Waals surface area contributed by atoms with Crippen molar-refractivity contribution < 1.29 is 4.79 Å². The number of nitrogens with zero attached hydrogens (tertiary/aromatic N) is 3. The maximum atomic E-state index is 11.8. The minimum Gasteiger partial charge on any atom is -0.338 e. The molecule has 5 nitrogen and oxygen atoms in total. The summed E-state index contributed by atoms with van der Waals surface area (Å²) in [5, 5.41) is 2.83. The first-order valence-corrected chi connectivity index (χ1v) is 5.94. The largest absolute Gasteiger partial charge is 0.338 e. The van der Waals surface area contributed by atoms with E-state index in [0.29, 0.717) is 6.54 Å². The number of rotatable bonds is 3. The van der Waals surface area contributed by atoms with Gasteiger partial charge >= 0.3 is 6.03 Å². The number of fused-ring (bicyclic) bond motifs is 1. The smallest absolute Gasteiger partial charge is 0.321 e. The first kappa shape index (κ1) is 12.3. The van der Waals surface area contributed by atoms with Crippen molar-refractivity contribution in [1.29, 1.82) is 0 Å². The summed E-state index contributed by atoms with van der Waals surface area (Å²) in [6.07, 6.45) is 4.21. The maximum Gasteiger partial charge on any atom is 0.321 e. The molecule has 0 unspecified atom stereocenters. The Bertz CT molecular complexity index is 555. The highest BCUT2D eigenvalue weighted by Gasteiger charge is 2.10. The Morgan fingerprint density at radius 2 is 2.00 bits per heavy atom. The van der Waals surface area contributed by atoms with Gasteiger partial charge in [-0.05, 0) is 24.6 Å². The Hall–Kier alpha value is -2.17. The molecule has 5 heteroatoms. The zero-order chi connectivity index (χ0) is 13.0. The molecule has 1 aromatic heterocycles. The van der Waals surface area contributed by atoms with Gasteiger partial charge in [-0.3, -0.25) is 14.9 Å². The molecule has 0 radical (unpaired) electrons. The number of hydrogen-bond acceptors (Lipinski definition) is 3. The van der Waals surface area contributed by atoms with E-state index in [1.165, 1.54) is 0 Å². The minimum atomic E-state index is -0.111. The van der Waals surface area contributed by atoms with Gasteiger partial charge in [0.15, 0.2) is 0 Å². The summed E-state index contributed by atoms with van der Waals surface area (Å²) in [6, 6.07) is 5.47. The minimum absolute atomic E-state index is 0.111. The van der Waals surface area contributed by atoms with Crippen molar-refractivity contribution in [2.45, 2.75) is 13.3 Å². The van der Waals surface area contributed by atoms with E-state index in [1.807, 2.05) is 25.1 Å². The molecule has 1 aromatic carbocycles. The molecule has 18 heavy (non-hydrogen) atoms. The van der Waals surface area contributed by atoms with Gasteiger partial charge in [0, 0.05) is 31.7 Å². The highest BCUT2D eigenvalue weighted by atomic mass is 16.2. The fourth-order valence-electron chi connectivity index (χ4n) is 1.63. The standard InChI is InChI=1S/C13H16N4O/c1-3-6-16-13(18)17(2)10-4-5-11-12(9-10)15-8-7-14-11/h4-5,7-9H,3,6H2,1-2H3,(H,16,18). The van der Waals surface area contributed by atoms with Crippen LogP contribution in [0.1, 0.15) is 13.3 Å². The zero-order valence-corrected chi connectivity index (χ0v) is 10.6. The second-order valence-electron chi connectivity index (χ2n) is 4.02. The van der Waals surface area contributed by atoms with Gasteiger partial charge in [0.2, 0.25) is 0 Å². The summed E-state index contributed by atoms with van der Waals surface area (Å²) in [4.78, 5) is 21.8. The number of hydrogen-bond donors (Lipinski definition) is 1. The van der Waals surface area contributed by atoms with E-state index in [4.69, 9.17) is 0 Å². The van der Waals surface area contributed by atoms with Crippen LogP contribution in [0.4, 0.5) is 10.5 Å². The number of amides is 2. The van der Waals surface area contributed by atoms with Crippen molar-refractivity contribution in [3.8, 4) is 0 Å². The predicted molar refractivity (Wildman–Crippen MR) is 71.6 cm³/mol. The first-order valence-electron chi connectivity index (χ1n) is 5.94. The molecule has 2 amide bonds. The number of aromatic nitrogens is 2. The molecule has 2 rings (SSSR count). The van der Waals surface area contributed by atoms with E-state index < -0.39 is 0 Å². The SMILES string of the molecule is CCCNC(=O)N(C)c1ccc2nccnc2c1. The van der Waals surface area contributed by atoms with Crippen LogP contribution in [0.15, 0.2) is 30.6 Å². The van der Waals surface area contributed by atoms with Crippen molar-refractivity contribution in [3.63, 3.8) is 0 Å². The van der Waals surface area contributed by atoms with Crippen LogP contribution in [0.2, 0.25) is 0 Å². The molecule has 1 heterocycles. The number of nitrogens with one attached hydrogen (secondary N) is 1. The number of anilines is 1. The molecule has 0 aliphatic carbocycles. The van der Waals surface area contributed by atoms with Gasteiger partial charge in [-0.15, -0.1) is 0 Å². The Morgan fingerprint density at radius 1 is 1.28 bits per heavy atom. The van der Waals surface area contributed by atoms with E-state index in [2.05, 4.69) is 15.3 Å². The van der Waals surface area contributed by atoms with Gasteiger partial charge in [0.05, 0.1) is 11.0 Å². The van der Waals surface area contributed by atoms with Gasteiger partial charge in [-0.2, -0.15) is 0 Å². The summed E-state index contributed by atoms with van der Waals surface area (Å²) in [7, 11) is 1.74. The lowest BCUT2D eigenvalue weighted by Crippen LogP contribution is -2.37. The van der Waals surface area contributed by atoms with Crippen LogP contribution < -0.4 is 10.2 Å². The molecule has 0 saturated carbocycles. The lowest BCUT2D eigenvalue weighted by Gasteiger charge is -2.18. The molecular formula is C13H16N4O. The third-order valence-electron chi connectivity index (χ3n) is 2.67. The number of carbonyl (C=O) groups excluding carboxylic acids is 1. The normalized spacial score (nSPS) is 10.3. The zero-order valence-electron chi connectivity index (χ0n) is 10.6. The van der Waals surface area contributed by atoms with Crippen molar-refractivity contribution in [2.24, 2.45) is 0 Å². The summed E-state index contributed by atoms with van der Waals surface area (Å²) in [5.41, 5.74) is 2.41. The second kappa shape index (κ2) is 5.44. The van der Waals surface area contributed by atoms with Gasteiger partial charge in [-0.25, -0.2) is 4.79 Å². The maximum absolute atomic E-state index is 11.8. The number of carbonyl (C=O) groups is 1. The van der Waals surface area contributed by atoms with Gasteiger partial charge in [-0.1, -0.05) is 6.92 Å². The highest BCUT2D eigenvalue weighted by Crippen LogP contribution is 2.18. The first-order chi connectivity index (χ1) is 8.72. The average Bonchev–Trinajstić information content (AvgIpc) is 2.43. The van der Waals surface area contributed by atoms with Crippen LogP contribution >= 0.6 is 0 Å². The van der Waals surface area contributed by atoms with E-state index in [9.17, 15) is 4.79 Å². The second-order valence-corrected chi connectivity index (χ2v) is 4.02. The van der Waals surface area contributed by atoms with E-state index in [-0.39, 0.29) is 6.03 Å². The summed E-state index contributed by atoms with van der Waals surface area (Å²) in [6.45, 7) is 2.70. The molecule has 1 N–H and O–H groups in total. The Balaban J connectivity index is 2.22. The molecule has 94 valence electrons.